The van der Waals surface area contributed by atoms with Crippen LogP contribution in [0.25, 0.3) is 28.2 Å². The number of carbonyl (C=O) groups is 1. The van der Waals surface area contributed by atoms with Crippen molar-refractivity contribution in [3.63, 3.8) is 0 Å². The first-order chi connectivity index (χ1) is 24.2. The number of likely N-dealkylation sites (tertiary alicyclic amines) is 1. The maximum Gasteiger partial charge on any atom is 0.319 e. The van der Waals surface area contributed by atoms with Crippen LogP contribution in [0.4, 0.5) is 23.4 Å². The fourth-order valence-electron chi connectivity index (χ4n) is 7.94. The first-order valence-corrected chi connectivity index (χ1v) is 17.2. The number of benzene rings is 1. The van der Waals surface area contributed by atoms with Gasteiger partial charge in [-0.1, -0.05) is 18.2 Å². The number of halogens is 4. The number of nitrogens with zero attached hydrogens (tertiary/aromatic N) is 7. The number of anilines is 1. The Hall–Kier alpha value is -4.65. The van der Waals surface area contributed by atoms with E-state index >= 15 is 8.78 Å². The molecule has 1 aromatic carbocycles. The SMILES string of the molecule is CN(c1nc(OC[C@@]23CCCN2C[C@H](F)C3)nc2c(F)c(-c3cccc(F)c3C3CC3)ncc12)[C@@H]1CCN(C(=O)/C(F)=C/c2ccccn2)C1. The van der Waals surface area contributed by atoms with E-state index in [0.717, 1.165) is 38.3 Å². The van der Waals surface area contributed by atoms with E-state index < -0.39 is 35.1 Å². The van der Waals surface area contributed by atoms with Crippen molar-refractivity contribution in [2.75, 3.05) is 44.7 Å². The van der Waals surface area contributed by atoms with Gasteiger partial charge in [-0.2, -0.15) is 9.97 Å². The van der Waals surface area contributed by atoms with Gasteiger partial charge in [-0.3, -0.25) is 19.7 Å². The third-order valence-electron chi connectivity index (χ3n) is 10.7. The van der Waals surface area contributed by atoms with Crippen molar-refractivity contribution in [1.82, 2.24) is 29.7 Å². The Labute approximate surface area is 287 Å². The minimum absolute atomic E-state index is 0.00472. The molecule has 4 fully saturated rings. The molecule has 260 valence electrons. The van der Waals surface area contributed by atoms with E-state index in [-0.39, 0.29) is 42.3 Å². The molecule has 3 saturated heterocycles. The van der Waals surface area contributed by atoms with Gasteiger partial charge in [-0.25, -0.2) is 17.6 Å². The number of likely N-dealkylation sites (N-methyl/N-ethyl adjacent to an activating group) is 1. The molecule has 50 heavy (non-hydrogen) atoms. The van der Waals surface area contributed by atoms with Crippen molar-refractivity contribution in [2.24, 2.45) is 0 Å². The van der Waals surface area contributed by atoms with Crippen molar-refractivity contribution < 1.29 is 27.1 Å². The first kappa shape index (κ1) is 32.5. The Morgan fingerprint density at radius 2 is 1.94 bits per heavy atom. The molecule has 0 bridgehead atoms. The van der Waals surface area contributed by atoms with Crippen LogP contribution in [0.1, 0.15) is 55.7 Å². The number of carbonyl (C=O) groups excluding carboxylic acids is 1. The van der Waals surface area contributed by atoms with Crippen molar-refractivity contribution >= 4 is 28.7 Å². The minimum Gasteiger partial charge on any atom is -0.461 e. The third-order valence-corrected chi connectivity index (χ3v) is 10.7. The maximum absolute atomic E-state index is 16.7. The summed E-state index contributed by atoms with van der Waals surface area (Å²) in [4.78, 5) is 36.2. The molecular weight excluding hydrogens is 650 g/mol. The van der Waals surface area contributed by atoms with Crippen LogP contribution in [0.15, 0.2) is 54.6 Å². The lowest BCUT2D eigenvalue weighted by molar-refractivity contribution is -0.127. The Morgan fingerprint density at radius 1 is 1.08 bits per heavy atom. The standard InChI is InChI=1S/C37H37F4N7O2/c1-46(25-11-15-47(20-25)35(49)29(40)16-24-6-2-3-13-42-24)34-27-18-43-32(26-7-4-8-28(39)30(26)22-9-10-22)31(41)33(27)44-36(45-34)50-21-37-12-5-14-48(37)19-23(38)17-37/h2-4,6-8,13,16,18,22-23,25H,5,9-12,14-15,17,19-21H2,1H3/b29-16-/t23-,25-,37+/m1/s1. The number of hydrogen-bond donors (Lipinski definition) is 0. The molecule has 4 aromatic rings. The summed E-state index contributed by atoms with van der Waals surface area (Å²) in [5.74, 6) is -2.46. The average Bonchev–Trinajstić information content (AvgIpc) is 3.55. The van der Waals surface area contributed by atoms with E-state index in [9.17, 15) is 13.6 Å². The van der Waals surface area contributed by atoms with Gasteiger partial charge in [0.2, 0.25) is 0 Å². The Morgan fingerprint density at radius 3 is 2.74 bits per heavy atom. The van der Waals surface area contributed by atoms with Gasteiger partial charge >= 0.3 is 6.01 Å². The van der Waals surface area contributed by atoms with Crippen LogP contribution in [0, 0.1) is 11.6 Å². The summed E-state index contributed by atoms with van der Waals surface area (Å²) in [7, 11) is 1.77. The van der Waals surface area contributed by atoms with Gasteiger partial charge in [0, 0.05) is 68.7 Å². The third kappa shape index (κ3) is 5.95. The molecule has 9 nitrogen and oxygen atoms in total. The van der Waals surface area contributed by atoms with E-state index in [1.54, 1.807) is 37.4 Å². The van der Waals surface area contributed by atoms with E-state index in [2.05, 4.69) is 19.9 Å². The van der Waals surface area contributed by atoms with Gasteiger partial charge in [0.1, 0.15) is 35.6 Å². The zero-order chi connectivity index (χ0) is 34.6. The fourth-order valence-corrected chi connectivity index (χ4v) is 7.94. The highest BCUT2D eigenvalue weighted by Gasteiger charge is 2.49. The van der Waals surface area contributed by atoms with E-state index in [1.807, 2.05) is 4.90 Å². The van der Waals surface area contributed by atoms with Crippen LogP contribution < -0.4 is 9.64 Å². The molecule has 0 spiro atoms. The monoisotopic (exact) mass is 687 g/mol. The number of pyridine rings is 2. The van der Waals surface area contributed by atoms with Crippen LogP contribution in [-0.4, -0.2) is 93.2 Å². The molecule has 1 saturated carbocycles. The van der Waals surface area contributed by atoms with E-state index in [4.69, 9.17) is 9.72 Å². The zero-order valence-electron chi connectivity index (χ0n) is 27.7. The first-order valence-electron chi connectivity index (χ1n) is 17.2. The molecule has 1 amide bonds. The van der Waals surface area contributed by atoms with Crippen molar-refractivity contribution in [2.45, 2.75) is 62.2 Å². The number of ether oxygens (including phenoxy) is 1. The number of aromatic nitrogens is 4. The average molecular weight is 688 g/mol. The Kier molecular flexibility index (Phi) is 8.40. The lowest BCUT2D eigenvalue weighted by Crippen LogP contribution is -2.43. The fraction of sp³-hybridized carbons (Fsp3) is 0.432. The second kappa shape index (κ2) is 12.9. The van der Waals surface area contributed by atoms with Crippen LogP contribution in [0.3, 0.4) is 0 Å². The second-order valence-corrected chi connectivity index (χ2v) is 13.9. The lowest BCUT2D eigenvalue weighted by atomic mass is 9.95. The number of hydrogen-bond acceptors (Lipinski definition) is 8. The molecule has 0 N–H and O–H groups in total. The number of rotatable bonds is 9. The highest BCUT2D eigenvalue weighted by atomic mass is 19.1. The van der Waals surface area contributed by atoms with Gasteiger partial charge in [0.15, 0.2) is 11.6 Å². The van der Waals surface area contributed by atoms with Crippen LogP contribution in [-0.2, 0) is 4.79 Å². The van der Waals surface area contributed by atoms with Crippen molar-refractivity contribution in [3.8, 4) is 17.3 Å². The molecular formula is C37H37F4N7O2. The lowest BCUT2D eigenvalue weighted by Gasteiger charge is -2.31. The highest BCUT2D eigenvalue weighted by Crippen LogP contribution is 2.46. The predicted octanol–water partition coefficient (Wildman–Crippen LogP) is 6.25. The smallest absolute Gasteiger partial charge is 0.319 e. The van der Waals surface area contributed by atoms with Gasteiger partial charge < -0.3 is 14.5 Å². The Balaban J connectivity index is 1.13. The molecule has 0 unspecified atom stereocenters. The van der Waals surface area contributed by atoms with E-state index in [0.29, 0.717) is 54.0 Å². The maximum atomic E-state index is 16.7. The molecule has 3 aromatic heterocycles. The minimum atomic E-state index is -0.951. The van der Waals surface area contributed by atoms with Crippen molar-refractivity contribution in [1.29, 1.82) is 0 Å². The Bertz CT molecular complexity index is 1980. The van der Waals surface area contributed by atoms with Crippen LogP contribution in [0.5, 0.6) is 6.01 Å². The quantitative estimate of drug-likeness (QED) is 0.151. The van der Waals surface area contributed by atoms with Gasteiger partial charge in [0.05, 0.1) is 16.6 Å². The number of amides is 1. The molecule has 13 heteroatoms. The zero-order valence-corrected chi connectivity index (χ0v) is 27.7. The molecule has 6 heterocycles. The molecule has 3 aliphatic heterocycles. The van der Waals surface area contributed by atoms with Gasteiger partial charge in [-0.05, 0) is 62.8 Å². The van der Waals surface area contributed by atoms with Gasteiger partial charge in [0.25, 0.3) is 5.91 Å². The summed E-state index contributed by atoms with van der Waals surface area (Å²) in [6.45, 7) is 1.77. The molecule has 8 rings (SSSR count). The summed E-state index contributed by atoms with van der Waals surface area (Å²) < 4.78 is 67.4. The largest absolute Gasteiger partial charge is 0.461 e. The highest BCUT2D eigenvalue weighted by molar-refractivity contribution is 5.96. The van der Waals surface area contributed by atoms with Crippen molar-refractivity contribution in [3.05, 3.63) is 77.5 Å². The van der Waals surface area contributed by atoms with E-state index in [1.165, 1.54) is 23.4 Å². The molecule has 4 aliphatic rings. The second-order valence-electron chi connectivity index (χ2n) is 13.9. The van der Waals surface area contributed by atoms with Crippen LogP contribution >= 0.6 is 0 Å². The summed E-state index contributed by atoms with van der Waals surface area (Å²) in [6.07, 6.45) is 7.35. The number of alkyl halides is 1. The summed E-state index contributed by atoms with van der Waals surface area (Å²) in [5.41, 5.74) is 0.631. The number of fused-ring (bicyclic) bond motifs is 2. The van der Waals surface area contributed by atoms with Gasteiger partial charge in [-0.15, -0.1) is 0 Å². The normalized spacial score (nSPS) is 23.9. The molecule has 3 atom stereocenters. The summed E-state index contributed by atoms with van der Waals surface area (Å²) in [5, 5.41) is 0.307. The summed E-state index contributed by atoms with van der Waals surface area (Å²) in [6, 6.07) is 9.25. The van der Waals surface area contributed by atoms with Crippen LogP contribution in [0.2, 0.25) is 0 Å². The summed E-state index contributed by atoms with van der Waals surface area (Å²) >= 11 is 0. The topological polar surface area (TPSA) is 87.6 Å². The molecule has 1 aliphatic carbocycles. The molecule has 0 radical (unpaired) electrons. The predicted molar refractivity (Wildman–Crippen MR) is 180 cm³/mol.